The zero-order valence-electron chi connectivity index (χ0n) is 14.9. The Morgan fingerprint density at radius 3 is 2.69 bits per heavy atom. The fraction of sp³-hybridized carbons (Fsp3) is 0.474. The Labute approximate surface area is 151 Å². The monoisotopic (exact) mass is 358 g/mol. The standard InChI is InChI=1S/C19H23FN4O2/c1-26-18-5-2-13(10-15(18)20)12-23-6-8-24(9-7-23)19(25)17-11-16(21-22-17)14-3-4-14/h2,5,10-11,14H,3-4,6-9,12H2,1H3,(H,21,22). The van der Waals surface area contributed by atoms with Gasteiger partial charge in [0.2, 0.25) is 0 Å². The summed E-state index contributed by atoms with van der Waals surface area (Å²) in [6.45, 7) is 3.50. The van der Waals surface area contributed by atoms with Gasteiger partial charge < -0.3 is 9.64 Å². The number of piperazine rings is 1. The number of H-pyrrole nitrogens is 1. The predicted molar refractivity (Wildman–Crippen MR) is 94.7 cm³/mol. The van der Waals surface area contributed by atoms with E-state index in [1.165, 1.54) is 26.0 Å². The number of methoxy groups -OCH3 is 1. The van der Waals surface area contributed by atoms with Crippen LogP contribution < -0.4 is 4.74 Å². The number of aromatic nitrogens is 2. The first kappa shape index (κ1) is 17.0. The Morgan fingerprint density at radius 2 is 2.04 bits per heavy atom. The number of benzene rings is 1. The molecule has 2 fully saturated rings. The Bertz CT molecular complexity index is 795. The summed E-state index contributed by atoms with van der Waals surface area (Å²) < 4.78 is 18.8. The van der Waals surface area contributed by atoms with Crippen LogP contribution in [0.25, 0.3) is 0 Å². The first-order chi connectivity index (χ1) is 12.6. The van der Waals surface area contributed by atoms with Crippen LogP contribution in [0.5, 0.6) is 5.75 Å². The molecular formula is C19H23FN4O2. The smallest absolute Gasteiger partial charge is 0.274 e. The van der Waals surface area contributed by atoms with Gasteiger partial charge in [0.25, 0.3) is 5.91 Å². The summed E-state index contributed by atoms with van der Waals surface area (Å²) in [6.07, 6.45) is 2.36. The molecular weight excluding hydrogens is 335 g/mol. The molecule has 26 heavy (non-hydrogen) atoms. The lowest BCUT2D eigenvalue weighted by Gasteiger charge is -2.34. The van der Waals surface area contributed by atoms with Crippen molar-refractivity contribution < 1.29 is 13.9 Å². The second-order valence-corrected chi connectivity index (χ2v) is 7.02. The number of nitrogens with zero attached hydrogens (tertiary/aromatic N) is 3. The minimum atomic E-state index is -0.344. The molecule has 0 spiro atoms. The van der Waals surface area contributed by atoms with Gasteiger partial charge in [-0.25, -0.2) is 4.39 Å². The van der Waals surface area contributed by atoms with Gasteiger partial charge >= 0.3 is 0 Å². The number of hydrogen-bond acceptors (Lipinski definition) is 4. The van der Waals surface area contributed by atoms with E-state index in [0.717, 1.165) is 24.3 Å². The van der Waals surface area contributed by atoms with Gasteiger partial charge in [0.15, 0.2) is 11.6 Å². The molecule has 1 saturated heterocycles. The maximum Gasteiger partial charge on any atom is 0.274 e. The van der Waals surface area contributed by atoms with E-state index in [-0.39, 0.29) is 17.5 Å². The summed E-state index contributed by atoms with van der Waals surface area (Å²) in [5, 5.41) is 7.17. The van der Waals surface area contributed by atoms with E-state index in [2.05, 4.69) is 15.1 Å². The number of amides is 1. The highest BCUT2D eigenvalue weighted by Gasteiger charge is 2.28. The second-order valence-electron chi connectivity index (χ2n) is 7.02. The van der Waals surface area contributed by atoms with Gasteiger partial charge in [-0.2, -0.15) is 5.10 Å². The minimum absolute atomic E-state index is 0.0108. The van der Waals surface area contributed by atoms with Crippen LogP contribution in [0, 0.1) is 5.82 Å². The molecule has 1 aromatic carbocycles. The molecule has 1 N–H and O–H groups in total. The molecule has 7 heteroatoms. The number of nitrogens with one attached hydrogen (secondary N) is 1. The van der Waals surface area contributed by atoms with E-state index in [1.54, 1.807) is 6.07 Å². The zero-order valence-corrected chi connectivity index (χ0v) is 14.9. The molecule has 0 bridgehead atoms. The summed E-state index contributed by atoms with van der Waals surface area (Å²) in [6, 6.07) is 6.94. The predicted octanol–water partition coefficient (Wildman–Crippen LogP) is 2.39. The largest absolute Gasteiger partial charge is 0.494 e. The maximum atomic E-state index is 13.8. The molecule has 2 aliphatic rings. The number of rotatable bonds is 5. The quantitative estimate of drug-likeness (QED) is 0.892. The van der Waals surface area contributed by atoms with E-state index in [9.17, 15) is 9.18 Å². The molecule has 1 aromatic heterocycles. The van der Waals surface area contributed by atoms with Gasteiger partial charge in [-0.05, 0) is 36.6 Å². The number of aromatic amines is 1. The topological polar surface area (TPSA) is 61.5 Å². The Balaban J connectivity index is 1.31. The fourth-order valence-electron chi connectivity index (χ4n) is 3.39. The van der Waals surface area contributed by atoms with Crippen LogP contribution in [-0.2, 0) is 6.54 Å². The fourth-order valence-corrected chi connectivity index (χ4v) is 3.39. The first-order valence-corrected chi connectivity index (χ1v) is 9.03. The first-order valence-electron chi connectivity index (χ1n) is 9.03. The summed E-state index contributed by atoms with van der Waals surface area (Å²) in [5.41, 5.74) is 2.50. The van der Waals surface area contributed by atoms with Gasteiger partial charge in [0.1, 0.15) is 5.69 Å². The molecule has 1 aliphatic heterocycles. The molecule has 0 atom stereocenters. The van der Waals surface area contributed by atoms with Crippen molar-refractivity contribution in [1.82, 2.24) is 20.0 Å². The van der Waals surface area contributed by atoms with E-state index in [0.29, 0.717) is 31.2 Å². The second kappa shape index (κ2) is 7.07. The van der Waals surface area contributed by atoms with Crippen molar-refractivity contribution in [2.24, 2.45) is 0 Å². The van der Waals surface area contributed by atoms with E-state index >= 15 is 0 Å². The number of hydrogen-bond donors (Lipinski definition) is 1. The van der Waals surface area contributed by atoms with Crippen LogP contribution in [-0.4, -0.2) is 59.2 Å². The maximum absolute atomic E-state index is 13.8. The van der Waals surface area contributed by atoms with Crippen molar-refractivity contribution >= 4 is 5.91 Å². The van der Waals surface area contributed by atoms with Gasteiger partial charge in [-0.15, -0.1) is 0 Å². The number of carbonyl (C=O) groups excluding carboxylic acids is 1. The summed E-state index contributed by atoms with van der Waals surface area (Å²) in [5.74, 6) is 0.464. The zero-order chi connectivity index (χ0) is 18.1. The lowest BCUT2D eigenvalue weighted by Crippen LogP contribution is -2.48. The molecule has 6 nitrogen and oxygen atoms in total. The average Bonchev–Trinajstić information content (AvgIpc) is 3.39. The third kappa shape index (κ3) is 3.58. The van der Waals surface area contributed by atoms with Crippen LogP contribution in [0.1, 0.15) is 40.5 Å². The van der Waals surface area contributed by atoms with Crippen LogP contribution in [0.4, 0.5) is 4.39 Å². The van der Waals surface area contributed by atoms with E-state index < -0.39 is 0 Å². The van der Waals surface area contributed by atoms with E-state index in [4.69, 9.17) is 4.74 Å². The molecule has 4 rings (SSSR count). The molecule has 2 aromatic rings. The summed E-state index contributed by atoms with van der Waals surface area (Å²) in [4.78, 5) is 16.7. The van der Waals surface area contributed by atoms with Crippen LogP contribution >= 0.6 is 0 Å². The highest BCUT2D eigenvalue weighted by Crippen LogP contribution is 2.39. The van der Waals surface area contributed by atoms with Crippen molar-refractivity contribution in [2.75, 3.05) is 33.3 Å². The number of ether oxygens (including phenoxy) is 1. The van der Waals surface area contributed by atoms with E-state index in [1.807, 2.05) is 17.0 Å². The van der Waals surface area contributed by atoms with Crippen molar-refractivity contribution in [3.8, 4) is 5.75 Å². The Hall–Kier alpha value is -2.41. The third-order valence-electron chi connectivity index (χ3n) is 5.12. The third-order valence-corrected chi connectivity index (χ3v) is 5.12. The normalized spacial score (nSPS) is 18.2. The molecule has 0 radical (unpaired) electrons. The lowest BCUT2D eigenvalue weighted by atomic mass is 10.1. The number of halogens is 1. The highest BCUT2D eigenvalue weighted by atomic mass is 19.1. The number of carbonyl (C=O) groups is 1. The van der Waals surface area contributed by atoms with Gasteiger partial charge in [-0.3, -0.25) is 14.8 Å². The van der Waals surface area contributed by atoms with Crippen molar-refractivity contribution in [3.63, 3.8) is 0 Å². The Morgan fingerprint density at radius 1 is 1.27 bits per heavy atom. The van der Waals surface area contributed by atoms with Crippen molar-refractivity contribution in [1.29, 1.82) is 0 Å². The van der Waals surface area contributed by atoms with Gasteiger partial charge in [0, 0.05) is 44.3 Å². The van der Waals surface area contributed by atoms with Gasteiger partial charge in [-0.1, -0.05) is 6.07 Å². The van der Waals surface area contributed by atoms with Crippen LogP contribution in [0.2, 0.25) is 0 Å². The van der Waals surface area contributed by atoms with Gasteiger partial charge in [0.05, 0.1) is 7.11 Å². The Kier molecular flexibility index (Phi) is 4.63. The highest BCUT2D eigenvalue weighted by molar-refractivity contribution is 5.92. The van der Waals surface area contributed by atoms with Crippen molar-refractivity contribution in [2.45, 2.75) is 25.3 Å². The minimum Gasteiger partial charge on any atom is -0.494 e. The lowest BCUT2D eigenvalue weighted by molar-refractivity contribution is 0.0622. The molecule has 138 valence electrons. The molecule has 1 amide bonds. The molecule has 1 saturated carbocycles. The molecule has 1 aliphatic carbocycles. The molecule has 0 unspecified atom stereocenters. The summed E-state index contributed by atoms with van der Waals surface area (Å²) >= 11 is 0. The molecule has 2 heterocycles. The average molecular weight is 358 g/mol. The van der Waals surface area contributed by atoms with Crippen LogP contribution in [0.15, 0.2) is 24.3 Å². The SMILES string of the molecule is COc1ccc(CN2CCN(C(=O)c3cc(C4CC4)[nH]n3)CC2)cc1F. The summed E-state index contributed by atoms with van der Waals surface area (Å²) in [7, 11) is 1.46. The van der Waals surface area contributed by atoms with Crippen LogP contribution in [0.3, 0.4) is 0 Å². The van der Waals surface area contributed by atoms with Crippen molar-refractivity contribution in [3.05, 3.63) is 47.0 Å².